The van der Waals surface area contributed by atoms with Crippen LogP contribution in [0.3, 0.4) is 0 Å². The van der Waals surface area contributed by atoms with E-state index in [4.69, 9.17) is 16.3 Å². The number of hydrogen-bond donors (Lipinski definition) is 2. The van der Waals surface area contributed by atoms with Crippen LogP contribution in [0.1, 0.15) is 19.4 Å². The number of benzene rings is 2. The van der Waals surface area contributed by atoms with Gasteiger partial charge in [0.15, 0.2) is 0 Å². The largest absolute Gasteiger partial charge is 0.459 e. The molecule has 0 spiro atoms. The van der Waals surface area contributed by atoms with Gasteiger partial charge in [-0.15, -0.1) is 0 Å². The van der Waals surface area contributed by atoms with Gasteiger partial charge >= 0.3 is 12.0 Å². The van der Waals surface area contributed by atoms with E-state index in [1.165, 1.54) is 18.2 Å². The molecule has 0 aliphatic carbocycles. The average Bonchev–Trinajstić information content (AvgIpc) is 2.59. The SMILES string of the molecule is CC(C)C(NC(=O)Nc1ccccc1)C(=O)OCc1c(F)cccc1Cl. The molecule has 2 rings (SSSR count). The lowest BCUT2D eigenvalue weighted by Crippen LogP contribution is -2.47. The van der Waals surface area contributed by atoms with E-state index < -0.39 is 23.9 Å². The molecule has 0 aromatic heterocycles. The summed E-state index contributed by atoms with van der Waals surface area (Å²) >= 11 is 5.92. The van der Waals surface area contributed by atoms with E-state index in [9.17, 15) is 14.0 Å². The van der Waals surface area contributed by atoms with Crippen molar-refractivity contribution in [2.45, 2.75) is 26.5 Å². The fourth-order valence-corrected chi connectivity index (χ4v) is 2.45. The summed E-state index contributed by atoms with van der Waals surface area (Å²) in [6.07, 6.45) is 0. The van der Waals surface area contributed by atoms with E-state index in [0.717, 1.165) is 0 Å². The Hall–Kier alpha value is -2.60. The van der Waals surface area contributed by atoms with E-state index in [1.54, 1.807) is 38.1 Å². The van der Waals surface area contributed by atoms with Crippen molar-refractivity contribution >= 4 is 29.3 Å². The Labute approximate surface area is 156 Å². The number of esters is 1. The van der Waals surface area contributed by atoms with Crippen LogP contribution in [-0.2, 0) is 16.1 Å². The Bertz CT molecular complexity index is 748. The minimum Gasteiger partial charge on any atom is -0.459 e. The number of nitrogens with one attached hydrogen (secondary N) is 2. The van der Waals surface area contributed by atoms with Gasteiger partial charge in [0.2, 0.25) is 0 Å². The second kappa shape index (κ2) is 9.20. The number of anilines is 1. The molecule has 7 heteroatoms. The predicted molar refractivity (Wildman–Crippen MR) is 98.4 cm³/mol. The van der Waals surface area contributed by atoms with Gasteiger partial charge in [-0.05, 0) is 30.2 Å². The molecular weight excluding hydrogens is 359 g/mol. The first-order valence-corrected chi connectivity index (χ1v) is 8.48. The molecule has 0 saturated carbocycles. The van der Waals surface area contributed by atoms with Gasteiger partial charge < -0.3 is 15.4 Å². The number of halogens is 2. The van der Waals surface area contributed by atoms with Crippen molar-refractivity contribution in [3.05, 3.63) is 64.9 Å². The maximum absolute atomic E-state index is 13.8. The average molecular weight is 379 g/mol. The van der Waals surface area contributed by atoms with Gasteiger partial charge in [-0.25, -0.2) is 14.0 Å². The molecular formula is C19H20ClFN2O3. The minimum atomic E-state index is -0.885. The van der Waals surface area contributed by atoms with Crippen molar-refractivity contribution in [2.75, 3.05) is 5.32 Å². The summed E-state index contributed by atoms with van der Waals surface area (Å²) in [6.45, 7) is 3.23. The van der Waals surface area contributed by atoms with Gasteiger partial charge in [0, 0.05) is 11.3 Å². The highest BCUT2D eigenvalue weighted by Crippen LogP contribution is 2.20. The van der Waals surface area contributed by atoms with Gasteiger partial charge in [0.25, 0.3) is 0 Å². The molecule has 1 unspecified atom stereocenters. The lowest BCUT2D eigenvalue weighted by atomic mass is 10.1. The zero-order chi connectivity index (χ0) is 19.1. The number of ether oxygens (including phenoxy) is 1. The molecule has 2 amide bonds. The van der Waals surface area contributed by atoms with Crippen LogP contribution >= 0.6 is 11.6 Å². The second-order valence-electron chi connectivity index (χ2n) is 5.99. The molecule has 0 saturated heterocycles. The number of para-hydroxylation sites is 1. The molecule has 0 radical (unpaired) electrons. The topological polar surface area (TPSA) is 67.4 Å². The number of urea groups is 1. The normalized spacial score (nSPS) is 11.7. The Balaban J connectivity index is 1.97. The molecule has 5 nitrogen and oxygen atoms in total. The van der Waals surface area contributed by atoms with Crippen LogP contribution in [0.5, 0.6) is 0 Å². The molecule has 1 atom stereocenters. The lowest BCUT2D eigenvalue weighted by molar-refractivity contribution is -0.148. The summed E-state index contributed by atoms with van der Waals surface area (Å²) < 4.78 is 18.9. The molecule has 0 bridgehead atoms. The number of amides is 2. The van der Waals surface area contributed by atoms with Gasteiger partial charge in [-0.1, -0.05) is 49.7 Å². The van der Waals surface area contributed by atoms with Crippen LogP contribution in [0.4, 0.5) is 14.9 Å². The Morgan fingerprint density at radius 1 is 1.12 bits per heavy atom. The first-order chi connectivity index (χ1) is 12.4. The van der Waals surface area contributed by atoms with Crippen LogP contribution in [0.15, 0.2) is 48.5 Å². The Morgan fingerprint density at radius 2 is 1.81 bits per heavy atom. The summed E-state index contributed by atoms with van der Waals surface area (Å²) in [5, 5.41) is 5.39. The van der Waals surface area contributed by atoms with Crippen LogP contribution < -0.4 is 10.6 Å². The number of carbonyl (C=O) groups excluding carboxylic acids is 2. The fourth-order valence-electron chi connectivity index (χ4n) is 2.23. The van der Waals surface area contributed by atoms with Crippen LogP contribution in [0, 0.1) is 11.7 Å². The zero-order valence-corrected chi connectivity index (χ0v) is 15.2. The first-order valence-electron chi connectivity index (χ1n) is 8.10. The quantitative estimate of drug-likeness (QED) is 0.733. The summed E-state index contributed by atoms with van der Waals surface area (Å²) in [5.74, 6) is -1.44. The van der Waals surface area contributed by atoms with E-state index in [1.807, 2.05) is 6.07 Å². The monoisotopic (exact) mass is 378 g/mol. The maximum atomic E-state index is 13.8. The van der Waals surface area contributed by atoms with Crippen molar-refractivity contribution in [2.24, 2.45) is 5.92 Å². The van der Waals surface area contributed by atoms with E-state index in [2.05, 4.69) is 10.6 Å². The zero-order valence-electron chi connectivity index (χ0n) is 14.5. The highest BCUT2D eigenvalue weighted by atomic mass is 35.5. The van der Waals surface area contributed by atoms with Crippen LogP contribution in [0.25, 0.3) is 0 Å². The third kappa shape index (κ3) is 5.46. The van der Waals surface area contributed by atoms with Gasteiger partial charge in [-0.2, -0.15) is 0 Å². The summed E-state index contributed by atoms with van der Waals surface area (Å²) in [5.41, 5.74) is 0.692. The van der Waals surface area contributed by atoms with Gasteiger partial charge in [0.05, 0.1) is 5.02 Å². The van der Waals surface area contributed by atoms with Crippen LogP contribution in [-0.4, -0.2) is 18.0 Å². The Kier molecular flexibility index (Phi) is 6.97. The lowest BCUT2D eigenvalue weighted by Gasteiger charge is -2.21. The van der Waals surface area contributed by atoms with E-state index >= 15 is 0 Å². The van der Waals surface area contributed by atoms with Crippen molar-refractivity contribution in [3.63, 3.8) is 0 Å². The number of carbonyl (C=O) groups is 2. The summed E-state index contributed by atoms with van der Waals surface area (Å²) in [7, 11) is 0. The summed E-state index contributed by atoms with van der Waals surface area (Å²) in [6, 6.07) is 11.6. The maximum Gasteiger partial charge on any atom is 0.329 e. The molecule has 2 aromatic carbocycles. The standard InChI is InChI=1S/C19H20ClFN2O3/c1-12(2)17(23-19(25)22-13-7-4-3-5-8-13)18(24)26-11-14-15(20)9-6-10-16(14)21/h3-10,12,17H,11H2,1-2H3,(H2,22,23,25). The van der Waals surface area contributed by atoms with Gasteiger partial charge in [-0.3, -0.25) is 0 Å². The molecule has 0 fully saturated rings. The highest BCUT2D eigenvalue weighted by molar-refractivity contribution is 6.31. The smallest absolute Gasteiger partial charge is 0.329 e. The van der Waals surface area contributed by atoms with Crippen molar-refractivity contribution in [3.8, 4) is 0 Å². The van der Waals surface area contributed by atoms with Crippen LogP contribution in [0.2, 0.25) is 5.02 Å². The number of rotatable bonds is 6. The molecule has 138 valence electrons. The second-order valence-corrected chi connectivity index (χ2v) is 6.40. The van der Waals surface area contributed by atoms with E-state index in [-0.39, 0.29) is 23.1 Å². The van der Waals surface area contributed by atoms with Crippen molar-refractivity contribution < 1.29 is 18.7 Å². The van der Waals surface area contributed by atoms with Gasteiger partial charge in [0.1, 0.15) is 18.5 Å². The van der Waals surface area contributed by atoms with Crippen molar-refractivity contribution in [1.29, 1.82) is 0 Å². The predicted octanol–water partition coefficient (Wildman–Crippen LogP) is 4.37. The van der Waals surface area contributed by atoms with Crippen molar-refractivity contribution in [1.82, 2.24) is 5.32 Å². The molecule has 2 N–H and O–H groups in total. The third-order valence-corrected chi connectivity index (χ3v) is 4.01. The first kappa shape index (κ1) is 19.7. The fraction of sp³-hybridized carbons (Fsp3) is 0.263. The Morgan fingerprint density at radius 3 is 2.42 bits per heavy atom. The summed E-state index contributed by atoms with van der Waals surface area (Å²) in [4.78, 5) is 24.4. The molecule has 0 aliphatic heterocycles. The van der Waals surface area contributed by atoms with E-state index in [0.29, 0.717) is 5.69 Å². The molecule has 2 aromatic rings. The molecule has 26 heavy (non-hydrogen) atoms. The molecule has 0 heterocycles. The third-order valence-electron chi connectivity index (χ3n) is 3.66. The minimum absolute atomic E-state index is 0.0961. The highest BCUT2D eigenvalue weighted by Gasteiger charge is 2.26. The molecule has 0 aliphatic rings. The number of hydrogen-bond acceptors (Lipinski definition) is 3.